The van der Waals surface area contributed by atoms with Gasteiger partial charge in [0, 0.05) is 18.8 Å². The van der Waals surface area contributed by atoms with Gasteiger partial charge in [0.25, 0.3) is 0 Å². The largest absolute Gasteiger partial charge is 0.330 e. The van der Waals surface area contributed by atoms with Gasteiger partial charge in [0.05, 0.1) is 17.8 Å². The lowest BCUT2D eigenvalue weighted by Gasteiger charge is -2.24. The Hall–Kier alpha value is -1.36. The van der Waals surface area contributed by atoms with Crippen LogP contribution in [0.3, 0.4) is 0 Å². The van der Waals surface area contributed by atoms with Gasteiger partial charge in [-0.25, -0.2) is 0 Å². The Labute approximate surface area is 115 Å². The second kappa shape index (κ2) is 6.19. The SMILES string of the molecule is CC(C)n1cc(NC(=O)C(CN)CC(C)(C)C)cn1. The van der Waals surface area contributed by atoms with E-state index < -0.39 is 0 Å². The predicted molar refractivity (Wildman–Crippen MR) is 77.9 cm³/mol. The summed E-state index contributed by atoms with van der Waals surface area (Å²) < 4.78 is 1.82. The first-order valence-electron chi connectivity index (χ1n) is 6.78. The van der Waals surface area contributed by atoms with Crippen molar-refractivity contribution in [1.29, 1.82) is 0 Å². The Morgan fingerprint density at radius 1 is 1.47 bits per heavy atom. The van der Waals surface area contributed by atoms with Gasteiger partial charge in [0.1, 0.15) is 0 Å². The molecule has 5 heteroatoms. The van der Waals surface area contributed by atoms with Crippen molar-refractivity contribution in [2.24, 2.45) is 17.1 Å². The normalized spacial score (nSPS) is 13.6. The van der Waals surface area contributed by atoms with Crippen LogP contribution in [-0.2, 0) is 4.79 Å². The van der Waals surface area contributed by atoms with E-state index >= 15 is 0 Å². The molecule has 0 aliphatic heterocycles. The van der Waals surface area contributed by atoms with Crippen molar-refractivity contribution in [3.8, 4) is 0 Å². The molecule has 1 amide bonds. The van der Waals surface area contributed by atoms with Crippen LogP contribution >= 0.6 is 0 Å². The van der Waals surface area contributed by atoms with Crippen LogP contribution in [0.1, 0.15) is 47.1 Å². The van der Waals surface area contributed by atoms with Crippen LogP contribution in [0.25, 0.3) is 0 Å². The maximum absolute atomic E-state index is 12.2. The maximum atomic E-state index is 12.2. The van der Waals surface area contributed by atoms with Crippen LogP contribution in [0, 0.1) is 11.3 Å². The lowest BCUT2D eigenvalue weighted by Crippen LogP contribution is -2.32. The lowest BCUT2D eigenvalue weighted by molar-refractivity contribution is -0.120. The topological polar surface area (TPSA) is 72.9 Å². The molecule has 0 aliphatic carbocycles. The summed E-state index contributed by atoms with van der Waals surface area (Å²) in [5.74, 6) is -0.192. The number of anilines is 1. The fourth-order valence-electron chi connectivity index (χ4n) is 1.95. The number of nitrogens with one attached hydrogen (secondary N) is 1. The van der Waals surface area contributed by atoms with E-state index in [9.17, 15) is 4.79 Å². The summed E-state index contributed by atoms with van der Waals surface area (Å²) in [5, 5.41) is 7.09. The molecule has 19 heavy (non-hydrogen) atoms. The van der Waals surface area contributed by atoms with Crippen LogP contribution in [0.15, 0.2) is 12.4 Å². The van der Waals surface area contributed by atoms with Crippen molar-refractivity contribution >= 4 is 11.6 Å². The molecule has 1 aromatic rings. The molecule has 0 spiro atoms. The molecule has 5 nitrogen and oxygen atoms in total. The van der Waals surface area contributed by atoms with E-state index in [1.807, 2.05) is 24.7 Å². The molecule has 1 rings (SSSR count). The highest BCUT2D eigenvalue weighted by atomic mass is 16.1. The second-order valence-electron chi connectivity index (χ2n) is 6.49. The Bertz CT molecular complexity index is 417. The Balaban J connectivity index is 2.66. The Kier molecular flexibility index (Phi) is 5.11. The average Bonchev–Trinajstić information content (AvgIpc) is 2.73. The summed E-state index contributed by atoms with van der Waals surface area (Å²) in [6.07, 6.45) is 4.28. The zero-order valence-corrected chi connectivity index (χ0v) is 12.6. The van der Waals surface area contributed by atoms with E-state index in [2.05, 4.69) is 31.2 Å². The van der Waals surface area contributed by atoms with Crippen LogP contribution in [0.4, 0.5) is 5.69 Å². The van der Waals surface area contributed by atoms with Gasteiger partial charge >= 0.3 is 0 Å². The van der Waals surface area contributed by atoms with Crippen LogP contribution in [0.5, 0.6) is 0 Å². The molecule has 0 saturated carbocycles. The first kappa shape index (κ1) is 15.7. The Morgan fingerprint density at radius 2 is 2.11 bits per heavy atom. The molecule has 1 unspecified atom stereocenters. The third-order valence-electron chi connectivity index (χ3n) is 2.91. The fourth-order valence-corrected chi connectivity index (χ4v) is 1.95. The summed E-state index contributed by atoms with van der Waals surface area (Å²) in [6.45, 7) is 10.8. The summed E-state index contributed by atoms with van der Waals surface area (Å²) in [4.78, 5) is 12.2. The molecule has 1 aromatic heterocycles. The molecule has 0 aromatic carbocycles. The molecule has 108 valence electrons. The predicted octanol–water partition coefficient (Wildman–Crippen LogP) is 2.41. The van der Waals surface area contributed by atoms with E-state index in [4.69, 9.17) is 5.73 Å². The van der Waals surface area contributed by atoms with Gasteiger partial charge in [0.15, 0.2) is 0 Å². The summed E-state index contributed by atoms with van der Waals surface area (Å²) in [7, 11) is 0. The molecular formula is C14H26N4O. The van der Waals surface area contributed by atoms with Crippen LogP contribution < -0.4 is 11.1 Å². The molecule has 1 heterocycles. The Morgan fingerprint density at radius 3 is 2.53 bits per heavy atom. The number of nitrogens with zero attached hydrogens (tertiary/aromatic N) is 2. The average molecular weight is 266 g/mol. The third-order valence-corrected chi connectivity index (χ3v) is 2.91. The van der Waals surface area contributed by atoms with Gasteiger partial charge < -0.3 is 11.1 Å². The highest BCUT2D eigenvalue weighted by molar-refractivity contribution is 5.92. The third kappa shape index (κ3) is 5.03. The zero-order valence-electron chi connectivity index (χ0n) is 12.6. The number of hydrogen-bond donors (Lipinski definition) is 2. The van der Waals surface area contributed by atoms with Crippen molar-refractivity contribution in [1.82, 2.24) is 9.78 Å². The number of hydrogen-bond acceptors (Lipinski definition) is 3. The van der Waals surface area contributed by atoms with E-state index in [1.165, 1.54) is 0 Å². The van der Waals surface area contributed by atoms with Crippen molar-refractivity contribution in [3.63, 3.8) is 0 Å². The van der Waals surface area contributed by atoms with E-state index in [1.54, 1.807) is 6.20 Å². The summed E-state index contributed by atoms with van der Waals surface area (Å²) in [6, 6.07) is 0.283. The summed E-state index contributed by atoms with van der Waals surface area (Å²) >= 11 is 0. The van der Waals surface area contributed by atoms with Crippen molar-refractivity contribution < 1.29 is 4.79 Å². The number of nitrogens with two attached hydrogens (primary N) is 1. The van der Waals surface area contributed by atoms with Gasteiger partial charge in [-0.2, -0.15) is 5.10 Å². The number of carbonyl (C=O) groups is 1. The molecule has 0 aliphatic rings. The van der Waals surface area contributed by atoms with Crippen LogP contribution in [-0.4, -0.2) is 22.2 Å². The molecule has 3 N–H and O–H groups in total. The van der Waals surface area contributed by atoms with E-state index in [0.717, 1.165) is 12.1 Å². The molecule has 0 bridgehead atoms. The quantitative estimate of drug-likeness (QED) is 0.859. The highest BCUT2D eigenvalue weighted by Crippen LogP contribution is 2.24. The van der Waals surface area contributed by atoms with E-state index in [-0.39, 0.29) is 23.3 Å². The highest BCUT2D eigenvalue weighted by Gasteiger charge is 2.24. The monoisotopic (exact) mass is 266 g/mol. The van der Waals surface area contributed by atoms with Crippen molar-refractivity contribution in [3.05, 3.63) is 12.4 Å². The minimum Gasteiger partial charge on any atom is -0.330 e. The number of carbonyl (C=O) groups excluding carboxylic acids is 1. The van der Waals surface area contributed by atoms with E-state index in [0.29, 0.717) is 6.54 Å². The minimum atomic E-state index is -0.164. The number of rotatable bonds is 5. The van der Waals surface area contributed by atoms with Gasteiger partial charge in [-0.3, -0.25) is 9.48 Å². The van der Waals surface area contributed by atoms with Crippen molar-refractivity contribution in [2.75, 3.05) is 11.9 Å². The van der Waals surface area contributed by atoms with Crippen LogP contribution in [0.2, 0.25) is 0 Å². The van der Waals surface area contributed by atoms with Crippen molar-refractivity contribution in [2.45, 2.75) is 47.1 Å². The summed E-state index contributed by atoms with van der Waals surface area (Å²) in [5.41, 5.74) is 6.52. The first-order chi connectivity index (χ1) is 8.73. The molecule has 1 atom stereocenters. The second-order valence-corrected chi connectivity index (χ2v) is 6.49. The lowest BCUT2D eigenvalue weighted by atomic mass is 9.84. The molecule has 0 fully saturated rings. The van der Waals surface area contributed by atoms with Gasteiger partial charge in [-0.15, -0.1) is 0 Å². The van der Waals surface area contributed by atoms with Gasteiger partial charge in [-0.1, -0.05) is 20.8 Å². The smallest absolute Gasteiger partial charge is 0.228 e. The first-order valence-corrected chi connectivity index (χ1v) is 6.78. The maximum Gasteiger partial charge on any atom is 0.228 e. The number of amides is 1. The molecular weight excluding hydrogens is 240 g/mol. The van der Waals surface area contributed by atoms with Gasteiger partial charge in [-0.05, 0) is 25.7 Å². The molecule has 0 radical (unpaired) electrons. The zero-order chi connectivity index (χ0) is 14.6. The minimum absolute atomic E-state index is 0.0271. The number of aromatic nitrogens is 2. The molecule has 0 saturated heterocycles. The van der Waals surface area contributed by atoms with Gasteiger partial charge in [0.2, 0.25) is 5.91 Å². The fraction of sp³-hybridized carbons (Fsp3) is 0.714. The standard InChI is InChI=1S/C14H26N4O/c1-10(2)18-9-12(8-16-18)17-13(19)11(7-15)6-14(3,4)5/h8-11H,6-7,15H2,1-5H3,(H,17,19).